The largest absolute Gasteiger partial charge is 0.416 e. The molecule has 1 rings (SSSR count). The molecule has 6 heteroatoms. The first-order chi connectivity index (χ1) is 8.43. The molecule has 0 aliphatic carbocycles. The van der Waals surface area contributed by atoms with Crippen LogP contribution in [-0.2, 0) is 17.5 Å². The van der Waals surface area contributed by atoms with E-state index in [0.717, 1.165) is 12.1 Å². The predicted molar refractivity (Wildman–Crippen MR) is 63.2 cm³/mol. The number of amides is 1. The first kappa shape index (κ1) is 14.8. The summed E-state index contributed by atoms with van der Waals surface area (Å²) >= 11 is 5.43. The van der Waals surface area contributed by atoms with Gasteiger partial charge in [-0.15, -0.1) is 11.6 Å². The minimum atomic E-state index is -4.36. The Kier molecular flexibility index (Phi) is 5.47. The molecule has 0 saturated heterocycles. The SMILES string of the molecule is O=C(CCCCl)NCc1cccc(C(F)(F)F)c1. The average molecular weight is 280 g/mol. The average Bonchev–Trinajstić information content (AvgIpc) is 2.33. The van der Waals surface area contributed by atoms with E-state index >= 15 is 0 Å². The van der Waals surface area contributed by atoms with Crippen molar-refractivity contribution >= 4 is 17.5 Å². The molecule has 0 unspecified atom stereocenters. The molecule has 0 bridgehead atoms. The van der Waals surface area contributed by atoms with Gasteiger partial charge in [0.1, 0.15) is 0 Å². The van der Waals surface area contributed by atoms with E-state index < -0.39 is 11.7 Å². The second-order valence-corrected chi connectivity index (χ2v) is 4.15. The van der Waals surface area contributed by atoms with Crippen LogP contribution in [0, 0.1) is 0 Å². The summed E-state index contributed by atoms with van der Waals surface area (Å²) < 4.78 is 37.3. The molecule has 100 valence electrons. The normalized spacial score (nSPS) is 11.3. The van der Waals surface area contributed by atoms with Crippen molar-refractivity contribution in [2.45, 2.75) is 25.6 Å². The number of nitrogens with one attached hydrogen (secondary N) is 1. The van der Waals surface area contributed by atoms with Crippen molar-refractivity contribution in [2.24, 2.45) is 0 Å². The van der Waals surface area contributed by atoms with Gasteiger partial charge in [-0.25, -0.2) is 0 Å². The highest BCUT2D eigenvalue weighted by Gasteiger charge is 2.30. The maximum atomic E-state index is 12.4. The van der Waals surface area contributed by atoms with Crippen molar-refractivity contribution in [2.75, 3.05) is 5.88 Å². The van der Waals surface area contributed by atoms with Crippen LogP contribution in [-0.4, -0.2) is 11.8 Å². The van der Waals surface area contributed by atoms with Gasteiger partial charge in [0.15, 0.2) is 0 Å². The molecule has 1 aromatic rings. The zero-order valence-corrected chi connectivity index (χ0v) is 10.3. The van der Waals surface area contributed by atoms with Crippen LogP contribution in [0.3, 0.4) is 0 Å². The van der Waals surface area contributed by atoms with E-state index in [2.05, 4.69) is 5.32 Å². The van der Waals surface area contributed by atoms with Crippen LogP contribution in [0.1, 0.15) is 24.0 Å². The van der Waals surface area contributed by atoms with E-state index in [1.54, 1.807) is 0 Å². The number of benzene rings is 1. The fraction of sp³-hybridized carbons (Fsp3) is 0.417. The topological polar surface area (TPSA) is 29.1 Å². The van der Waals surface area contributed by atoms with Crippen LogP contribution in [0.2, 0.25) is 0 Å². The smallest absolute Gasteiger partial charge is 0.352 e. The lowest BCUT2D eigenvalue weighted by molar-refractivity contribution is -0.137. The molecular weight excluding hydrogens is 267 g/mol. The number of carbonyl (C=O) groups excluding carboxylic acids is 1. The monoisotopic (exact) mass is 279 g/mol. The van der Waals surface area contributed by atoms with Gasteiger partial charge >= 0.3 is 6.18 Å². The van der Waals surface area contributed by atoms with Gasteiger partial charge in [-0.05, 0) is 24.1 Å². The van der Waals surface area contributed by atoms with Crippen molar-refractivity contribution in [3.63, 3.8) is 0 Å². The molecule has 0 radical (unpaired) electrons. The van der Waals surface area contributed by atoms with E-state index in [9.17, 15) is 18.0 Å². The molecule has 0 spiro atoms. The van der Waals surface area contributed by atoms with Gasteiger partial charge < -0.3 is 5.32 Å². The molecule has 18 heavy (non-hydrogen) atoms. The van der Waals surface area contributed by atoms with Crippen molar-refractivity contribution in [3.8, 4) is 0 Å². The lowest BCUT2D eigenvalue weighted by atomic mass is 10.1. The predicted octanol–water partition coefficient (Wildman–Crippen LogP) is 3.34. The second-order valence-electron chi connectivity index (χ2n) is 3.77. The summed E-state index contributed by atoms with van der Waals surface area (Å²) in [7, 11) is 0. The Morgan fingerprint density at radius 3 is 2.67 bits per heavy atom. The number of rotatable bonds is 5. The van der Waals surface area contributed by atoms with Gasteiger partial charge in [0.25, 0.3) is 0 Å². The van der Waals surface area contributed by atoms with E-state index in [4.69, 9.17) is 11.6 Å². The molecule has 0 atom stereocenters. The summed E-state index contributed by atoms with van der Waals surface area (Å²) in [5.41, 5.74) is -0.293. The molecule has 1 aromatic carbocycles. The van der Waals surface area contributed by atoms with E-state index in [-0.39, 0.29) is 18.9 Å². The number of hydrogen-bond donors (Lipinski definition) is 1. The highest BCUT2D eigenvalue weighted by molar-refractivity contribution is 6.17. The molecule has 1 amide bonds. The third-order valence-electron chi connectivity index (χ3n) is 2.28. The minimum absolute atomic E-state index is 0.0883. The fourth-order valence-corrected chi connectivity index (χ4v) is 1.51. The summed E-state index contributed by atoms with van der Waals surface area (Å²) in [6.07, 6.45) is -3.53. The van der Waals surface area contributed by atoms with Gasteiger partial charge in [-0.2, -0.15) is 13.2 Å². The molecule has 0 heterocycles. The Hall–Kier alpha value is -1.23. The van der Waals surface area contributed by atoms with Crippen LogP contribution in [0.15, 0.2) is 24.3 Å². The lowest BCUT2D eigenvalue weighted by Crippen LogP contribution is -2.22. The molecule has 0 saturated carbocycles. The molecule has 2 nitrogen and oxygen atoms in total. The zero-order valence-electron chi connectivity index (χ0n) is 9.56. The molecule has 0 aromatic heterocycles. The lowest BCUT2D eigenvalue weighted by Gasteiger charge is -2.09. The van der Waals surface area contributed by atoms with Crippen molar-refractivity contribution < 1.29 is 18.0 Å². The molecule has 0 aliphatic heterocycles. The van der Waals surface area contributed by atoms with Crippen LogP contribution < -0.4 is 5.32 Å². The Labute approximate surface area is 108 Å². The fourth-order valence-electron chi connectivity index (χ4n) is 1.37. The van der Waals surface area contributed by atoms with Crippen LogP contribution in [0.4, 0.5) is 13.2 Å². The quantitative estimate of drug-likeness (QED) is 0.823. The summed E-state index contributed by atoms with van der Waals surface area (Å²) in [6, 6.07) is 4.89. The third-order valence-corrected chi connectivity index (χ3v) is 2.55. The van der Waals surface area contributed by atoms with Crippen LogP contribution >= 0.6 is 11.6 Å². The minimum Gasteiger partial charge on any atom is -0.352 e. The van der Waals surface area contributed by atoms with Gasteiger partial charge in [-0.1, -0.05) is 12.1 Å². The van der Waals surface area contributed by atoms with Crippen LogP contribution in [0.25, 0.3) is 0 Å². The van der Waals surface area contributed by atoms with Gasteiger partial charge in [0.05, 0.1) is 5.56 Å². The Balaban J connectivity index is 2.55. The maximum absolute atomic E-state index is 12.4. The number of alkyl halides is 4. The standard InChI is InChI=1S/C12H13ClF3NO/c13-6-2-5-11(18)17-8-9-3-1-4-10(7-9)12(14,15)16/h1,3-4,7H,2,5-6,8H2,(H,17,18). The van der Waals surface area contributed by atoms with Crippen molar-refractivity contribution in [3.05, 3.63) is 35.4 Å². The number of halogens is 4. The third kappa shape index (κ3) is 4.96. The first-order valence-electron chi connectivity index (χ1n) is 5.42. The zero-order chi connectivity index (χ0) is 13.6. The second kappa shape index (κ2) is 6.64. The first-order valence-corrected chi connectivity index (χ1v) is 5.95. The highest BCUT2D eigenvalue weighted by Crippen LogP contribution is 2.29. The Morgan fingerprint density at radius 2 is 2.06 bits per heavy atom. The van der Waals surface area contributed by atoms with Gasteiger partial charge in [-0.3, -0.25) is 4.79 Å². The van der Waals surface area contributed by atoms with Gasteiger partial charge in [0, 0.05) is 18.8 Å². The Bertz CT molecular complexity index is 407. The summed E-state index contributed by atoms with van der Waals surface area (Å²) in [6.45, 7) is 0.0883. The highest BCUT2D eigenvalue weighted by atomic mass is 35.5. The number of carbonyl (C=O) groups is 1. The van der Waals surface area contributed by atoms with Gasteiger partial charge in [0.2, 0.25) is 5.91 Å². The van der Waals surface area contributed by atoms with E-state index in [1.165, 1.54) is 12.1 Å². The maximum Gasteiger partial charge on any atom is 0.416 e. The summed E-state index contributed by atoms with van der Waals surface area (Å²) in [5.74, 6) is 0.171. The molecular formula is C12H13ClF3NO. The van der Waals surface area contributed by atoms with Crippen LogP contribution in [0.5, 0.6) is 0 Å². The molecule has 0 aliphatic rings. The van der Waals surface area contributed by atoms with Crippen molar-refractivity contribution in [1.82, 2.24) is 5.32 Å². The Morgan fingerprint density at radius 1 is 1.33 bits per heavy atom. The van der Waals surface area contributed by atoms with Crippen molar-refractivity contribution in [1.29, 1.82) is 0 Å². The van der Waals surface area contributed by atoms with E-state index in [1.807, 2.05) is 0 Å². The molecule has 0 fully saturated rings. The summed E-state index contributed by atoms with van der Waals surface area (Å²) in [4.78, 5) is 11.3. The summed E-state index contributed by atoms with van der Waals surface area (Å²) in [5, 5.41) is 2.55. The number of hydrogen-bond acceptors (Lipinski definition) is 1. The molecule has 1 N–H and O–H groups in total. The van der Waals surface area contributed by atoms with E-state index in [0.29, 0.717) is 17.9 Å².